The normalized spacial score (nSPS) is 11.2. The van der Waals surface area contributed by atoms with Crippen LogP contribution in [0.2, 0.25) is 0 Å². The third-order valence-electron chi connectivity index (χ3n) is 3.06. The smallest absolute Gasteiger partial charge is 0.348 e. The van der Waals surface area contributed by atoms with Crippen molar-refractivity contribution in [2.75, 3.05) is 0 Å². The first-order chi connectivity index (χ1) is 9.45. The van der Waals surface area contributed by atoms with Crippen LogP contribution in [-0.2, 0) is 13.1 Å². The van der Waals surface area contributed by atoms with Crippen LogP contribution in [0.25, 0.3) is 0 Å². The Kier molecular flexibility index (Phi) is 4.39. The van der Waals surface area contributed by atoms with Gasteiger partial charge in [0.2, 0.25) is 0 Å². The highest BCUT2D eigenvalue weighted by Crippen LogP contribution is 2.10. The van der Waals surface area contributed by atoms with Gasteiger partial charge >= 0.3 is 5.69 Å². The van der Waals surface area contributed by atoms with Gasteiger partial charge in [-0.1, -0.05) is 13.8 Å². The molecule has 5 heteroatoms. The lowest BCUT2D eigenvalue weighted by Gasteiger charge is -2.08. The van der Waals surface area contributed by atoms with Crippen molar-refractivity contribution >= 4 is 0 Å². The molecule has 0 atom stereocenters. The van der Waals surface area contributed by atoms with E-state index in [9.17, 15) is 4.79 Å². The largest absolute Gasteiger partial charge is 0.463 e. The molecule has 5 nitrogen and oxygen atoms in total. The molecule has 0 radical (unpaired) electrons. The van der Waals surface area contributed by atoms with Crippen LogP contribution in [0.1, 0.15) is 36.8 Å². The van der Waals surface area contributed by atoms with Gasteiger partial charge in [0.15, 0.2) is 0 Å². The van der Waals surface area contributed by atoms with E-state index in [4.69, 9.17) is 4.42 Å². The van der Waals surface area contributed by atoms with Crippen LogP contribution in [-0.4, -0.2) is 15.6 Å². The first kappa shape index (κ1) is 14.5. The Morgan fingerprint density at radius 3 is 2.65 bits per heavy atom. The Morgan fingerprint density at radius 2 is 2.00 bits per heavy atom. The second-order valence-corrected chi connectivity index (χ2v) is 5.31. The minimum absolute atomic E-state index is 0.235. The molecule has 20 heavy (non-hydrogen) atoms. The van der Waals surface area contributed by atoms with Crippen LogP contribution in [0.15, 0.2) is 27.4 Å². The van der Waals surface area contributed by atoms with Gasteiger partial charge in [0.1, 0.15) is 11.5 Å². The van der Waals surface area contributed by atoms with E-state index in [1.165, 1.54) is 0 Å². The minimum Gasteiger partial charge on any atom is -0.463 e. The lowest BCUT2D eigenvalue weighted by Crippen LogP contribution is -2.25. The van der Waals surface area contributed by atoms with Crippen molar-refractivity contribution in [1.29, 1.82) is 0 Å². The van der Waals surface area contributed by atoms with Crippen molar-refractivity contribution in [3.05, 3.63) is 51.6 Å². The van der Waals surface area contributed by atoms with E-state index in [1.807, 2.05) is 32.0 Å². The summed E-state index contributed by atoms with van der Waals surface area (Å²) in [6.45, 7) is 9.01. The zero-order valence-corrected chi connectivity index (χ0v) is 12.4. The molecular formula is C15H21N3O2. The highest BCUT2D eigenvalue weighted by Gasteiger charge is 2.08. The van der Waals surface area contributed by atoms with Gasteiger partial charge in [-0.2, -0.15) is 4.98 Å². The Labute approximate surface area is 118 Å². The van der Waals surface area contributed by atoms with Gasteiger partial charge < -0.3 is 9.73 Å². The number of hydrogen-bond donors (Lipinski definition) is 1. The maximum absolute atomic E-state index is 11.9. The van der Waals surface area contributed by atoms with Gasteiger partial charge in [-0.05, 0) is 32.0 Å². The van der Waals surface area contributed by atoms with E-state index in [2.05, 4.69) is 24.1 Å². The van der Waals surface area contributed by atoms with Crippen molar-refractivity contribution in [3.63, 3.8) is 0 Å². The fourth-order valence-corrected chi connectivity index (χ4v) is 2.03. The van der Waals surface area contributed by atoms with Crippen molar-refractivity contribution in [2.24, 2.45) is 0 Å². The zero-order valence-electron chi connectivity index (χ0n) is 12.4. The van der Waals surface area contributed by atoms with E-state index >= 15 is 0 Å². The van der Waals surface area contributed by atoms with Gasteiger partial charge in [0, 0.05) is 17.4 Å². The van der Waals surface area contributed by atoms with E-state index in [0.717, 1.165) is 22.9 Å². The van der Waals surface area contributed by atoms with E-state index < -0.39 is 0 Å². The van der Waals surface area contributed by atoms with Crippen LogP contribution in [0.4, 0.5) is 0 Å². The van der Waals surface area contributed by atoms with Gasteiger partial charge in [0.05, 0.1) is 13.1 Å². The van der Waals surface area contributed by atoms with Crippen LogP contribution >= 0.6 is 0 Å². The molecule has 0 aliphatic rings. The number of hydrogen-bond acceptors (Lipinski definition) is 4. The molecule has 0 spiro atoms. The molecule has 0 aromatic carbocycles. The van der Waals surface area contributed by atoms with Gasteiger partial charge in [0.25, 0.3) is 0 Å². The molecular weight excluding hydrogens is 254 g/mol. The third-order valence-corrected chi connectivity index (χ3v) is 3.06. The molecule has 0 bridgehead atoms. The second kappa shape index (κ2) is 6.05. The summed E-state index contributed by atoms with van der Waals surface area (Å²) in [5.74, 6) is 1.64. The molecule has 108 valence electrons. The lowest BCUT2D eigenvalue weighted by molar-refractivity contribution is 0.423. The maximum Gasteiger partial charge on any atom is 0.348 e. The van der Waals surface area contributed by atoms with Crippen molar-refractivity contribution < 1.29 is 4.42 Å². The molecule has 0 amide bonds. The fraction of sp³-hybridized carbons (Fsp3) is 0.467. The molecule has 0 saturated carbocycles. The molecule has 0 saturated heterocycles. The maximum atomic E-state index is 11.9. The third kappa shape index (κ3) is 3.57. The molecule has 2 aromatic rings. The summed E-state index contributed by atoms with van der Waals surface area (Å²) in [6, 6.07) is 6.15. The number of aromatic nitrogens is 2. The van der Waals surface area contributed by atoms with Gasteiger partial charge in [-0.25, -0.2) is 4.79 Å². The number of nitrogens with zero attached hydrogens (tertiary/aromatic N) is 2. The standard InChI is InChI=1S/C15H21N3O2/c1-10(2)16-8-13-5-6-14(20-13)9-18-12(4)7-11(3)17-15(18)19/h5-7,10,16H,8-9H2,1-4H3. The van der Waals surface area contributed by atoms with Crippen LogP contribution in [0, 0.1) is 13.8 Å². The highest BCUT2D eigenvalue weighted by molar-refractivity contribution is 5.11. The molecule has 2 aromatic heterocycles. The summed E-state index contributed by atoms with van der Waals surface area (Å²) in [5, 5.41) is 3.29. The zero-order chi connectivity index (χ0) is 14.7. The van der Waals surface area contributed by atoms with Crippen LogP contribution in [0.3, 0.4) is 0 Å². The lowest BCUT2D eigenvalue weighted by atomic mass is 10.3. The van der Waals surface area contributed by atoms with E-state index in [1.54, 1.807) is 4.57 Å². The molecule has 0 fully saturated rings. The predicted molar refractivity (Wildman–Crippen MR) is 77.8 cm³/mol. The SMILES string of the molecule is Cc1cc(C)n(Cc2ccc(CNC(C)C)o2)c(=O)n1. The predicted octanol–water partition coefficient (Wildman–Crippen LogP) is 2.00. The monoisotopic (exact) mass is 275 g/mol. The molecule has 2 rings (SSSR count). The van der Waals surface area contributed by atoms with Crippen molar-refractivity contribution in [2.45, 2.75) is 46.8 Å². The van der Waals surface area contributed by atoms with Gasteiger partial charge in [-0.15, -0.1) is 0 Å². The summed E-state index contributed by atoms with van der Waals surface area (Å²) < 4.78 is 7.34. The second-order valence-electron chi connectivity index (χ2n) is 5.31. The molecule has 2 heterocycles. The van der Waals surface area contributed by atoms with E-state index in [-0.39, 0.29) is 5.69 Å². The van der Waals surface area contributed by atoms with E-state index in [0.29, 0.717) is 19.1 Å². The summed E-state index contributed by atoms with van der Waals surface area (Å²) in [7, 11) is 0. The molecule has 0 aliphatic carbocycles. The number of nitrogens with one attached hydrogen (secondary N) is 1. The highest BCUT2D eigenvalue weighted by atomic mass is 16.3. The average Bonchev–Trinajstić information content (AvgIpc) is 2.79. The Morgan fingerprint density at radius 1 is 1.30 bits per heavy atom. The summed E-state index contributed by atoms with van der Waals surface area (Å²) in [4.78, 5) is 15.8. The minimum atomic E-state index is -0.235. The Balaban J connectivity index is 2.13. The van der Waals surface area contributed by atoms with Gasteiger partial charge in [-0.3, -0.25) is 4.57 Å². The average molecular weight is 275 g/mol. The topological polar surface area (TPSA) is 60.1 Å². The summed E-state index contributed by atoms with van der Waals surface area (Å²) >= 11 is 0. The quantitative estimate of drug-likeness (QED) is 0.906. The fourth-order valence-electron chi connectivity index (χ4n) is 2.03. The molecule has 1 N–H and O–H groups in total. The van der Waals surface area contributed by atoms with Crippen LogP contribution < -0.4 is 11.0 Å². The first-order valence-corrected chi connectivity index (χ1v) is 6.82. The Bertz CT molecular complexity index is 641. The summed E-state index contributed by atoms with van der Waals surface area (Å²) in [6.07, 6.45) is 0. The molecule has 0 unspecified atom stereocenters. The molecule has 0 aliphatic heterocycles. The first-order valence-electron chi connectivity index (χ1n) is 6.82. The Hall–Kier alpha value is -1.88. The van der Waals surface area contributed by atoms with Crippen molar-refractivity contribution in [3.8, 4) is 0 Å². The van der Waals surface area contributed by atoms with Crippen LogP contribution in [0.5, 0.6) is 0 Å². The van der Waals surface area contributed by atoms with Crippen molar-refractivity contribution in [1.82, 2.24) is 14.9 Å². The number of aryl methyl sites for hydroxylation is 2. The number of furan rings is 1. The number of rotatable bonds is 5. The summed E-state index contributed by atoms with van der Waals surface area (Å²) in [5.41, 5.74) is 1.39.